The van der Waals surface area contributed by atoms with Crippen LogP contribution in [0.4, 0.5) is 4.39 Å². The molecule has 0 unspecified atom stereocenters. The van der Waals surface area contributed by atoms with Gasteiger partial charge in [0.1, 0.15) is 5.82 Å². The molecule has 2 aromatic carbocycles. The molecule has 3 heteroatoms. The molecule has 0 heterocycles. The van der Waals surface area contributed by atoms with E-state index in [0.717, 1.165) is 22.3 Å². The van der Waals surface area contributed by atoms with E-state index in [4.69, 9.17) is 17.3 Å². The van der Waals surface area contributed by atoms with E-state index >= 15 is 0 Å². The number of aryl methyl sites for hydroxylation is 2. The van der Waals surface area contributed by atoms with Crippen LogP contribution in [0.5, 0.6) is 0 Å². The lowest BCUT2D eigenvalue weighted by atomic mass is 9.99. The zero-order chi connectivity index (χ0) is 13.3. The molecule has 0 saturated heterocycles. The van der Waals surface area contributed by atoms with Gasteiger partial charge in [0.2, 0.25) is 0 Å². The van der Waals surface area contributed by atoms with Crippen molar-refractivity contribution in [1.82, 2.24) is 0 Å². The van der Waals surface area contributed by atoms with Crippen LogP contribution in [-0.2, 0) is 6.54 Å². The number of halogens is 2. The Morgan fingerprint density at radius 2 is 1.78 bits per heavy atom. The van der Waals surface area contributed by atoms with Gasteiger partial charge in [0, 0.05) is 22.7 Å². The second kappa shape index (κ2) is 5.09. The van der Waals surface area contributed by atoms with Crippen molar-refractivity contribution >= 4 is 11.6 Å². The summed E-state index contributed by atoms with van der Waals surface area (Å²) in [6.45, 7) is 4.22. The van der Waals surface area contributed by atoms with Crippen molar-refractivity contribution in [2.24, 2.45) is 5.73 Å². The predicted molar refractivity (Wildman–Crippen MR) is 74.2 cm³/mol. The van der Waals surface area contributed by atoms with Crippen LogP contribution in [0.3, 0.4) is 0 Å². The third-order valence-corrected chi connectivity index (χ3v) is 3.48. The Balaban J connectivity index is 2.55. The molecule has 0 aliphatic carbocycles. The SMILES string of the molecule is Cc1cc(Cl)c(-c2ccc(CN)c(F)c2)cc1C. The number of rotatable bonds is 2. The van der Waals surface area contributed by atoms with Gasteiger partial charge in [-0.05, 0) is 48.7 Å². The summed E-state index contributed by atoms with van der Waals surface area (Å²) in [4.78, 5) is 0. The Kier molecular flexibility index (Phi) is 3.69. The lowest BCUT2D eigenvalue weighted by Gasteiger charge is -2.10. The molecular weight excluding hydrogens is 249 g/mol. The summed E-state index contributed by atoms with van der Waals surface area (Å²) in [5.41, 5.74) is 9.85. The summed E-state index contributed by atoms with van der Waals surface area (Å²) in [6, 6.07) is 8.92. The van der Waals surface area contributed by atoms with Gasteiger partial charge in [0.15, 0.2) is 0 Å². The minimum absolute atomic E-state index is 0.201. The Labute approximate surface area is 111 Å². The van der Waals surface area contributed by atoms with Crippen LogP contribution in [0.1, 0.15) is 16.7 Å². The summed E-state index contributed by atoms with van der Waals surface area (Å²) in [6.07, 6.45) is 0. The fraction of sp³-hybridized carbons (Fsp3) is 0.200. The average molecular weight is 264 g/mol. The van der Waals surface area contributed by atoms with E-state index in [9.17, 15) is 4.39 Å². The van der Waals surface area contributed by atoms with Crippen molar-refractivity contribution in [3.63, 3.8) is 0 Å². The Hall–Kier alpha value is -1.38. The fourth-order valence-electron chi connectivity index (χ4n) is 1.88. The van der Waals surface area contributed by atoms with Gasteiger partial charge >= 0.3 is 0 Å². The first-order valence-electron chi connectivity index (χ1n) is 5.78. The van der Waals surface area contributed by atoms with Gasteiger partial charge in [-0.15, -0.1) is 0 Å². The molecule has 2 aromatic rings. The zero-order valence-corrected chi connectivity index (χ0v) is 11.2. The third kappa shape index (κ3) is 2.40. The van der Waals surface area contributed by atoms with E-state index in [1.165, 1.54) is 6.07 Å². The van der Waals surface area contributed by atoms with Crippen molar-refractivity contribution in [2.45, 2.75) is 20.4 Å². The minimum Gasteiger partial charge on any atom is -0.326 e. The van der Waals surface area contributed by atoms with Gasteiger partial charge < -0.3 is 5.73 Å². The third-order valence-electron chi connectivity index (χ3n) is 3.17. The quantitative estimate of drug-likeness (QED) is 0.862. The van der Waals surface area contributed by atoms with Gasteiger partial charge in [-0.25, -0.2) is 4.39 Å². The molecule has 0 aliphatic rings. The number of nitrogens with two attached hydrogens (primary N) is 1. The Morgan fingerprint density at radius 3 is 2.39 bits per heavy atom. The lowest BCUT2D eigenvalue weighted by molar-refractivity contribution is 0.611. The molecule has 0 fully saturated rings. The standard InChI is InChI=1S/C15H15ClFN/c1-9-5-13(14(16)6-10(9)2)11-3-4-12(8-18)15(17)7-11/h3-7H,8,18H2,1-2H3. The maximum Gasteiger partial charge on any atom is 0.128 e. The molecule has 0 spiro atoms. The fourth-order valence-corrected chi connectivity index (χ4v) is 2.21. The second-order valence-corrected chi connectivity index (χ2v) is 4.83. The van der Waals surface area contributed by atoms with Gasteiger partial charge in [-0.1, -0.05) is 23.7 Å². The maximum atomic E-state index is 13.7. The summed E-state index contributed by atoms with van der Waals surface area (Å²) in [7, 11) is 0. The van der Waals surface area contributed by atoms with Crippen LogP contribution in [0, 0.1) is 19.7 Å². The highest BCUT2D eigenvalue weighted by atomic mass is 35.5. The first-order chi connectivity index (χ1) is 8.52. The lowest BCUT2D eigenvalue weighted by Crippen LogP contribution is -1.99. The van der Waals surface area contributed by atoms with E-state index in [1.807, 2.05) is 32.0 Å². The Bertz CT molecular complexity index is 593. The van der Waals surface area contributed by atoms with Crippen LogP contribution in [0.15, 0.2) is 30.3 Å². The summed E-state index contributed by atoms with van der Waals surface area (Å²) in [5.74, 6) is -0.288. The van der Waals surface area contributed by atoms with Crippen LogP contribution < -0.4 is 5.73 Å². The molecule has 0 aromatic heterocycles. The van der Waals surface area contributed by atoms with E-state index in [1.54, 1.807) is 6.07 Å². The first kappa shape index (κ1) is 13.1. The molecule has 2 N–H and O–H groups in total. The highest BCUT2D eigenvalue weighted by Gasteiger charge is 2.08. The highest BCUT2D eigenvalue weighted by molar-refractivity contribution is 6.33. The number of hydrogen-bond acceptors (Lipinski definition) is 1. The normalized spacial score (nSPS) is 10.7. The molecule has 18 heavy (non-hydrogen) atoms. The summed E-state index contributed by atoms with van der Waals surface area (Å²) < 4.78 is 13.7. The topological polar surface area (TPSA) is 26.0 Å². The van der Waals surface area contributed by atoms with Crippen molar-refractivity contribution in [2.75, 3.05) is 0 Å². The second-order valence-electron chi connectivity index (χ2n) is 4.43. The van der Waals surface area contributed by atoms with E-state index < -0.39 is 0 Å². The Morgan fingerprint density at radius 1 is 1.11 bits per heavy atom. The molecule has 2 rings (SSSR count). The molecule has 94 valence electrons. The smallest absolute Gasteiger partial charge is 0.128 e. The zero-order valence-electron chi connectivity index (χ0n) is 10.4. The molecule has 1 nitrogen and oxygen atoms in total. The average Bonchev–Trinajstić information content (AvgIpc) is 2.33. The molecule has 0 radical (unpaired) electrons. The highest BCUT2D eigenvalue weighted by Crippen LogP contribution is 2.31. The van der Waals surface area contributed by atoms with Crippen molar-refractivity contribution < 1.29 is 4.39 Å². The van der Waals surface area contributed by atoms with Crippen molar-refractivity contribution in [3.05, 3.63) is 57.9 Å². The van der Waals surface area contributed by atoms with Gasteiger partial charge in [-0.2, -0.15) is 0 Å². The summed E-state index contributed by atoms with van der Waals surface area (Å²) in [5, 5.41) is 0.637. The van der Waals surface area contributed by atoms with Crippen LogP contribution in [0.2, 0.25) is 5.02 Å². The van der Waals surface area contributed by atoms with E-state index in [-0.39, 0.29) is 12.4 Å². The largest absolute Gasteiger partial charge is 0.326 e. The van der Waals surface area contributed by atoms with Crippen LogP contribution >= 0.6 is 11.6 Å². The van der Waals surface area contributed by atoms with Gasteiger partial charge in [-0.3, -0.25) is 0 Å². The number of benzene rings is 2. The van der Waals surface area contributed by atoms with Crippen molar-refractivity contribution in [1.29, 1.82) is 0 Å². The van der Waals surface area contributed by atoms with Gasteiger partial charge in [0.25, 0.3) is 0 Å². The molecule has 0 atom stereocenters. The minimum atomic E-state index is -0.288. The van der Waals surface area contributed by atoms with Crippen LogP contribution in [0.25, 0.3) is 11.1 Å². The predicted octanol–water partition coefficient (Wildman–Crippen LogP) is 4.22. The van der Waals surface area contributed by atoms with E-state index in [0.29, 0.717) is 10.6 Å². The monoisotopic (exact) mass is 263 g/mol. The van der Waals surface area contributed by atoms with Crippen LogP contribution in [-0.4, -0.2) is 0 Å². The molecule has 0 saturated carbocycles. The molecule has 0 amide bonds. The molecular formula is C15H15ClFN. The van der Waals surface area contributed by atoms with Gasteiger partial charge in [0.05, 0.1) is 0 Å². The maximum absolute atomic E-state index is 13.7. The number of hydrogen-bond donors (Lipinski definition) is 1. The first-order valence-corrected chi connectivity index (χ1v) is 6.16. The molecule has 0 aliphatic heterocycles. The van der Waals surface area contributed by atoms with E-state index in [2.05, 4.69) is 0 Å². The summed E-state index contributed by atoms with van der Waals surface area (Å²) >= 11 is 6.21. The van der Waals surface area contributed by atoms with Crippen molar-refractivity contribution in [3.8, 4) is 11.1 Å². The molecule has 0 bridgehead atoms.